The summed E-state index contributed by atoms with van der Waals surface area (Å²) in [6, 6.07) is 21.2. The summed E-state index contributed by atoms with van der Waals surface area (Å²) in [4.78, 5) is 0. The average Bonchev–Trinajstić information content (AvgIpc) is 3.40. The van der Waals surface area contributed by atoms with Crippen molar-refractivity contribution in [3.05, 3.63) is 106 Å². The Bertz CT molecular complexity index is 611. The number of aryl methyl sites for hydroxylation is 2. The van der Waals surface area contributed by atoms with Gasteiger partial charge in [0.25, 0.3) is 0 Å². The first-order valence-corrected chi connectivity index (χ1v) is 11.8. The van der Waals surface area contributed by atoms with Crippen LogP contribution in [0, 0.1) is 11.1 Å². The third-order valence-corrected chi connectivity index (χ3v) is 7.00. The Morgan fingerprint density at radius 3 is 1.28 bits per heavy atom. The molecule has 4 rings (SSSR count). The molecule has 0 N–H and O–H groups in total. The van der Waals surface area contributed by atoms with E-state index in [2.05, 4.69) is 94.9 Å². The van der Waals surface area contributed by atoms with Crippen LogP contribution in [-0.4, -0.2) is 0 Å². The Morgan fingerprint density at radius 2 is 1.04 bits per heavy atom. The first kappa shape index (κ1) is 22.8. The SMILES string of the molecule is [Zr+2].[c-]1pcc[pH]1.[c-]1pcc[pH]1.c1ccc(CCc2ccccc2)cc1. The molecule has 0 bridgehead atoms. The van der Waals surface area contributed by atoms with Gasteiger partial charge in [-0.3, -0.25) is 16.4 Å². The van der Waals surface area contributed by atoms with Gasteiger partial charge in [0.2, 0.25) is 0 Å². The van der Waals surface area contributed by atoms with Crippen molar-refractivity contribution in [2.45, 2.75) is 12.8 Å². The molecule has 0 aliphatic rings. The number of hydrogen-bond donors (Lipinski definition) is 0. The second kappa shape index (κ2) is 16.0. The molecule has 0 saturated carbocycles. The van der Waals surface area contributed by atoms with Gasteiger partial charge in [0.1, 0.15) is 0 Å². The average molecular weight is 476 g/mol. The Morgan fingerprint density at radius 1 is 0.640 bits per heavy atom. The van der Waals surface area contributed by atoms with Gasteiger partial charge in [0.05, 0.1) is 0 Å². The van der Waals surface area contributed by atoms with Crippen molar-refractivity contribution in [1.29, 1.82) is 0 Å². The fourth-order valence-corrected chi connectivity index (χ4v) is 4.93. The fraction of sp³-hybridized carbons (Fsp3) is 0.100. The standard InChI is InChI=1S/C14H14.2C3H3P2.Zr/c1-3-7-13(8-4-1)11-12-14-9-5-2-6-10-14;2*1-2-5-3-4-1;/h1-10H,11-12H2;2*1-2,4H;/q;2*-1;+2. The maximum absolute atomic E-state index is 3.11. The van der Waals surface area contributed by atoms with Crippen molar-refractivity contribution in [2.24, 2.45) is 0 Å². The maximum Gasteiger partial charge on any atom is 2.00 e. The van der Waals surface area contributed by atoms with Gasteiger partial charge in [-0.15, -0.1) is 11.1 Å². The molecule has 2 atom stereocenters. The van der Waals surface area contributed by atoms with Crippen molar-refractivity contribution < 1.29 is 26.2 Å². The van der Waals surface area contributed by atoms with Crippen LogP contribution < -0.4 is 0 Å². The molecule has 2 unspecified atom stereocenters. The van der Waals surface area contributed by atoms with Gasteiger partial charge in [-0.05, 0) is 24.0 Å². The van der Waals surface area contributed by atoms with E-state index in [1.54, 1.807) is 0 Å². The zero-order valence-electron chi connectivity index (χ0n) is 13.9. The Labute approximate surface area is 177 Å². The predicted molar refractivity (Wildman–Crippen MR) is 115 cm³/mol. The van der Waals surface area contributed by atoms with Crippen LogP contribution in [0.3, 0.4) is 0 Å². The summed E-state index contributed by atoms with van der Waals surface area (Å²) in [6.45, 7) is 0. The maximum atomic E-state index is 3.11. The summed E-state index contributed by atoms with van der Waals surface area (Å²) in [6.07, 6.45) is 2.26. The first-order chi connectivity index (χ1) is 11.9. The molecule has 0 aliphatic heterocycles. The quantitative estimate of drug-likeness (QED) is 0.267. The molecule has 124 valence electrons. The van der Waals surface area contributed by atoms with Gasteiger partial charge in [-0.2, -0.15) is 23.2 Å². The minimum absolute atomic E-state index is 0. The summed E-state index contributed by atoms with van der Waals surface area (Å²) < 4.78 is 0. The Balaban J connectivity index is 0.000000233. The molecule has 25 heavy (non-hydrogen) atoms. The predicted octanol–water partition coefficient (Wildman–Crippen LogP) is 7.67. The zero-order chi connectivity index (χ0) is 16.7. The van der Waals surface area contributed by atoms with E-state index in [0.29, 0.717) is 0 Å². The van der Waals surface area contributed by atoms with Gasteiger partial charge in [-0.25, -0.2) is 16.4 Å². The van der Waals surface area contributed by atoms with Crippen molar-refractivity contribution in [2.75, 3.05) is 0 Å². The van der Waals surface area contributed by atoms with Gasteiger partial charge in [0.15, 0.2) is 0 Å². The molecule has 0 amide bonds. The van der Waals surface area contributed by atoms with E-state index in [4.69, 9.17) is 0 Å². The van der Waals surface area contributed by atoms with Crippen molar-refractivity contribution >= 4 is 32.8 Å². The van der Waals surface area contributed by atoms with Crippen LogP contribution in [0.4, 0.5) is 0 Å². The molecule has 0 aliphatic carbocycles. The number of rotatable bonds is 3. The second-order valence-corrected chi connectivity index (χ2v) is 9.02. The van der Waals surface area contributed by atoms with E-state index in [0.717, 1.165) is 29.2 Å². The number of benzene rings is 2. The van der Waals surface area contributed by atoms with E-state index < -0.39 is 0 Å². The molecule has 0 fully saturated rings. The van der Waals surface area contributed by atoms with Gasteiger partial charge < -0.3 is 0 Å². The van der Waals surface area contributed by atoms with E-state index in [-0.39, 0.29) is 26.2 Å². The molecule has 2 aromatic heterocycles. The fourth-order valence-electron chi connectivity index (χ4n) is 1.95. The van der Waals surface area contributed by atoms with Crippen LogP contribution in [0.15, 0.2) is 83.9 Å². The molecular weight excluding hydrogens is 455 g/mol. The third kappa shape index (κ3) is 11.9. The van der Waals surface area contributed by atoms with Crippen molar-refractivity contribution in [3.8, 4) is 0 Å². The minimum atomic E-state index is 0. The Hall–Kier alpha value is -0.257. The zero-order valence-corrected chi connectivity index (χ0v) is 20.1. The summed E-state index contributed by atoms with van der Waals surface area (Å²) >= 11 is 0. The normalized spacial score (nSPS) is 10.1. The largest absolute Gasteiger partial charge is 2.00 e. The molecule has 4 aromatic rings. The third-order valence-electron chi connectivity index (χ3n) is 3.11. The van der Waals surface area contributed by atoms with E-state index in [9.17, 15) is 0 Å². The molecule has 0 spiro atoms. The van der Waals surface area contributed by atoms with Gasteiger partial charge in [-0.1, -0.05) is 60.7 Å². The van der Waals surface area contributed by atoms with Crippen molar-refractivity contribution in [3.63, 3.8) is 0 Å². The van der Waals surface area contributed by atoms with E-state index in [1.807, 2.05) is 0 Å². The topological polar surface area (TPSA) is 0 Å². The van der Waals surface area contributed by atoms with E-state index >= 15 is 0 Å². The monoisotopic (exact) mass is 474 g/mol. The first-order valence-electron chi connectivity index (χ1n) is 7.74. The molecule has 5 heteroatoms. The molecule has 0 saturated heterocycles. The number of hydrogen-bond acceptors (Lipinski definition) is 0. The summed E-state index contributed by atoms with van der Waals surface area (Å²) in [5.41, 5.74) is 9.05. The molecular formula is C20H20P4Zr. The molecule has 0 nitrogen and oxygen atoms in total. The smallest absolute Gasteiger partial charge is 0.266 e. The van der Waals surface area contributed by atoms with Crippen LogP contribution >= 0.6 is 32.8 Å². The Kier molecular flexibility index (Phi) is 14.5. The molecule has 2 heterocycles. The summed E-state index contributed by atoms with van der Waals surface area (Å²) in [5.74, 6) is 8.50. The van der Waals surface area contributed by atoms with Crippen LogP contribution in [0.2, 0.25) is 0 Å². The van der Waals surface area contributed by atoms with Crippen molar-refractivity contribution in [1.82, 2.24) is 0 Å². The van der Waals surface area contributed by atoms with Crippen LogP contribution in [0.25, 0.3) is 0 Å². The van der Waals surface area contributed by atoms with Crippen LogP contribution in [-0.2, 0) is 39.0 Å². The van der Waals surface area contributed by atoms with E-state index in [1.165, 1.54) is 27.5 Å². The van der Waals surface area contributed by atoms with Crippen LogP contribution in [0.5, 0.6) is 0 Å². The summed E-state index contributed by atoms with van der Waals surface area (Å²) in [7, 11) is 4.28. The second-order valence-electron chi connectivity index (χ2n) is 4.87. The summed E-state index contributed by atoms with van der Waals surface area (Å²) in [5, 5.41) is 0. The minimum Gasteiger partial charge on any atom is -0.266 e. The van der Waals surface area contributed by atoms with Crippen LogP contribution in [0.1, 0.15) is 11.1 Å². The van der Waals surface area contributed by atoms with Gasteiger partial charge in [0, 0.05) is 0 Å². The molecule has 0 radical (unpaired) electrons. The van der Waals surface area contributed by atoms with Gasteiger partial charge >= 0.3 is 26.2 Å². The molecule has 2 aromatic carbocycles.